The summed E-state index contributed by atoms with van der Waals surface area (Å²) in [5.41, 5.74) is 1.61. The molecule has 3 N–H and O–H groups in total. The van der Waals surface area contributed by atoms with E-state index in [9.17, 15) is 0 Å². The molecule has 0 spiro atoms. The van der Waals surface area contributed by atoms with Crippen LogP contribution in [0.2, 0.25) is 0 Å². The van der Waals surface area contributed by atoms with Crippen molar-refractivity contribution in [2.75, 3.05) is 5.32 Å². The molecular formula is C17H13ClN5+. The van der Waals surface area contributed by atoms with Gasteiger partial charge in [0.25, 0.3) is 0 Å². The number of rotatable bonds is 0. The van der Waals surface area contributed by atoms with E-state index in [0.717, 1.165) is 21.8 Å². The maximum absolute atomic E-state index is 6.21. The van der Waals surface area contributed by atoms with E-state index in [0.29, 0.717) is 16.8 Å². The van der Waals surface area contributed by atoms with Crippen molar-refractivity contribution in [2.24, 2.45) is 0 Å². The van der Waals surface area contributed by atoms with E-state index in [-0.39, 0.29) is 0 Å². The van der Waals surface area contributed by atoms with E-state index >= 15 is 0 Å². The lowest BCUT2D eigenvalue weighted by Gasteiger charge is -2.07. The standard InChI is InChI=1S/C17H12ClN5/c18-15-10-20-17-22-14-7-12(8-19-9-14)5-4-11-2-1-3-13(6-11)21-16(15)23-17/h1-10H,(H2,20,21,22,23)/p+1. The summed E-state index contributed by atoms with van der Waals surface area (Å²) in [4.78, 5) is 15.3. The van der Waals surface area contributed by atoms with E-state index in [4.69, 9.17) is 11.6 Å². The third kappa shape index (κ3) is 3.00. The fraction of sp³-hybridized carbons (Fsp3) is 0. The quantitative estimate of drug-likeness (QED) is 0.665. The number of nitrogens with one attached hydrogen (secondary N) is 3. The van der Waals surface area contributed by atoms with Crippen molar-refractivity contribution < 1.29 is 4.98 Å². The number of nitrogens with zero attached hydrogens (tertiary/aromatic N) is 2. The molecule has 0 atom stereocenters. The van der Waals surface area contributed by atoms with Gasteiger partial charge in [0.1, 0.15) is 5.52 Å². The summed E-state index contributed by atoms with van der Waals surface area (Å²) in [5.74, 6) is 1.13. The van der Waals surface area contributed by atoms with Crippen LogP contribution in [0.4, 0.5) is 5.95 Å². The molecule has 1 aromatic carbocycles. The molecule has 6 bridgehead atoms. The zero-order valence-electron chi connectivity index (χ0n) is 12.0. The summed E-state index contributed by atoms with van der Waals surface area (Å²) in [7, 11) is 0. The Kier molecular flexibility index (Phi) is 3.40. The van der Waals surface area contributed by atoms with Crippen LogP contribution in [0.3, 0.4) is 0 Å². The van der Waals surface area contributed by atoms with Gasteiger partial charge in [0.05, 0.1) is 10.5 Å². The summed E-state index contributed by atoms with van der Waals surface area (Å²) >= 11 is 6.21. The van der Waals surface area contributed by atoms with Crippen molar-refractivity contribution in [3.05, 3.63) is 66.9 Å². The first kappa shape index (κ1) is 13.7. The number of benzene rings is 1. The van der Waals surface area contributed by atoms with Gasteiger partial charge in [-0.25, -0.2) is 15.0 Å². The van der Waals surface area contributed by atoms with E-state index < -0.39 is 0 Å². The zero-order valence-corrected chi connectivity index (χ0v) is 12.8. The van der Waals surface area contributed by atoms with Crippen LogP contribution in [0.1, 0.15) is 5.82 Å². The van der Waals surface area contributed by atoms with Crippen molar-refractivity contribution in [1.82, 2.24) is 15.0 Å². The first-order chi connectivity index (χ1) is 11.3. The SMILES string of the molecule is ClC1=CNc2nc3c[nH+]cc(ccc4cccc(c4)nc1[nH]2)c3. The van der Waals surface area contributed by atoms with Crippen LogP contribution in [0.5, 0.6) is 0 Å². The van der Waals surface area contributed by atoms with E-state index in [1.54, 1.807) is 6.20 Å². The fourth-order valence-corrected chi connectivity index (χ4v) is 2.48. The van der Waals surface area contributed by atoms with Crippen molar-refractivity contribution in [3.8, 4) is 0 Å². The number of hydrogen-bond donors (Lipinski definition) is 2. The van der Waals surface area contributed by atoms with Gasteiger partial charge in [-0.05, 0) is 29.7 Å². The number of halogens is 1. The normalized spacial score (nSPS) is 12.3. The summed E-state index contributed by atoms with van der Waals surface area (Å²) in [6.45, 7) is 0. The molecule has 6 heteroatoms. The maximum atomic E-state index is 6.21. The minimum atomic E-state index is 0.500. The molecule has 1 aliphatic heterocycles. The molecule has 3 aromatic rings. The third-order valence-electron chi connectivity index (χ3n) is 3.41. The van der Waals surface area contributed by atoms with Gasteiger partial charge in [-0.2, -0.15) is 0 Å². The largest absolute Gasteiger partial charge is 0.331 e. The van der Waals surface area contributed by atoms with E-state index in [1.807, 2.05) is 54.9 Å². The monoisotopic (exact) mass is 322 g/mol. The van der Waals surface area contributed by atoms with Crippen LogP contribution in [-0.4, -0.2) is 15.0 Å². The lowest BCUT2D eigenvalue weighted by Crippen LogP contribution is -2.04. The molecule has 3 heterocycles. The van der Waals surface area contributed by atoms with Crippen molar-refractivity contribution in [3.63, 3.8) is 0 Å². The van der Waals surface area contributed by atoms with Crippen molar-refractivity contribution >= 4 is 44.4 Å². The highest BCUT2D eigenvalue weighted by atomic mass is 35.5. The van der Waals surface area contributed by atoms with Gasteiger partial charge >= 0.3 is 0 Å². The molecular weight excluding hydrogens is 310 g/mol. The van der Waals surface area contributed by atoms with Gasteiger partial charge in [0, 0.05) is 11.6 Å². The topological polar surface area (TPSA) is 67.7 Å². The number of fused-ring (bicyclic) bond motifs is 6. The Labute approximate surface area is 137 Å². The number of pyridine rings is 1. The first-order valence-electron chi connectivity index (χ1n) is 7.12. The van der Waals surface area contributed by atoms with Gasteiger partial charge in [0.15, 0.2) is 18.2 Å². The first-order valence-corrected chi connectivity index (χ1v) is 7.50. The van der Waals surface area contributed by atoms with Crippen LogP contribution >= 0.6 is 11.6 Å². The predicted octanol–water partition coefficient (Wildman–Crippen LogP) is 3.57. The molecule has 0 amide bonds. The summed E-state index contributed by atoms with van der Waals surface area (Å²) in [6, 6.07) is 14.0. The summed E-state index contributed by atoms with van der Waals surface area (Å²) < 4.78 is 0. The average molecular weight is 323 g/mol. The van der Waals surface area contributed by atoms with Gasteiger partial charge in [-0.15, -0.1) is 0 Å². The number of H-pyrrole nitrogens is 2. The molecule has 23 heavy (non-hydrogen) atoms. The molecule has 0 unspecified atom stereocenters. The molecule has 0 aliphatic carbocycles. The molecule has 5 nitrogen and oxygen atoms in total. The van der Waals surface area contributed by atoms with Gasteiger partial charge < -0.3 is 10.3 Å². The molecule has 4 rings (SSSR count). The highest BCUT2D eigenvalue weighted by Gasteiger charge is 2.06. The van der Waals surface area contributed by atoms with Crippen LogP contribution in [-0.2, 0) is 0 Å². The maximum Gasteiger partial charge on any atom is 0.206 e. The minimum absolute atomic E-state index is 0.500. The Bertz CT molecular complexity index is 1020. The molecule has 0 saturated heterocycles. The number of hydrogen-bond acceptors (Lipinski definition) is 3. The average Bonchev–Trinajstić information content (AvgIpc) is 2.57. The summed E-state index contributed by atoms with van der Waals surface area (Å²) in [6.07, 6.45) is 5.42. The third-order valence-corrected chi connectivity index (χ3v) is 3.70. The Morgan fingerprint density at radius 2 is 1.78 bits per heavy atom. The van der Waals surface area contributed by atoms with Crippen LogP contribution in [0.15, 0.2) is 61.1 Å². The van der Waals surface area contributed by atoms with Gasteiger partial charge in [0.2, 0.25) is 5.95 Å². The second kappa shape index (κ2) is 5.70. The lowest BCUT2D eigenvalue weighted by atomic mass is 10.2. The smallest absolute Gasteiger partial charge is 0.206 e. The molecule has 1 aliphatic rings. The van der Waals surface area contributed by atoms with Gasteiger partial charge in [-0.1, -0.05) is 29.8 Å². The minimum Gasteiger partial charge on any atom is -0.331 e. The molecule has 2 aromatic heterocycles. The molecule has 0 radical (unpaired) electrons. The second-order valence-electron chi connectivity index (χ2n) is 5.14. The van der Waals surface area contributed by atoms with Crippen LogP contribution in [0, 0.1) is 0 Å². The number of anilines is 1. The lowest BCUT2D eigenvalue weighted by molar-refractivity contribution is -0.374. The highest BCUT2D eigenvalue weighted by molar-refractivity contribution is 6.48. The van der Waals surface area contributed by atoms with E-state index in [2.05, 4.69) is 25.3 Å². The van der Waals surface area contributed by atoms with Crippen LogP contribution < -0.4 is 10.3 Å². The predicted molar refractivity (Wildman–Crippen MR) is 91.8 cm³/mol. The molecule has 112 valence electrons. The van der Waals surface area contributed by atoms with Crippen molar-refractivity contribution in [1.29, 1.82) is 0 Å². The summed E-state index contributed by atoms with van der Waals surface area (Å²) in [5, 5.41) is 5.61. The number of aromatic amines is 2. The Morgan fingerprint density at radius 3 is 2.74 bits per heavy atom. The van der Waals surface area contributed by atoms with Gasteiger partial charge in [-0.3, -0.25) is 0 Å². The molecule has 0 fully saturated rings. The fourth-order valence-electron chi connectivity index (χ4n) is 2.34. The van der Waals surface area contributed by atoms with Crippen LogP contribution in [0.25, 0.3) is 26.8 Å². The highest BCUT2D eigenvalue weighted by Crippen LogP contribution is 2.19. The zero-order chi connectivity index (χ0) is 15.6. The Hall–Kier alpha value is -2.92. The molecule has 0 saturated carbocycles. The Balaban J connectivity index is 2.14. The van der Waals surface area contributed by atoms with Crippen molar-refractivity contribution in [2.45, 2.75) is 0 Å². The number of aromatic nitrogens is 4. The van der Waals surface area contributed by atoms with E-state index in [1.165, 1.54) is 0 Å². The Morgan fingerprint density at radius 1 is 0.913 bits per heavy atom. The second-order valence-corrected chi connectivity index (χ2v) is 5.54.